The Morgan fingerprint density at radius 2 is 2.08 bits per heavy atom. The molecule has 0 aliphatic heterocycles. The highest BCUT2D eigenvalue weighted by Crippen LogP contribution is 2.28. The van der Waals surface area contributed by atoms with Crippen molar-refractivity contribution in [2.75, 3.05) is 12.3 Å². The van der Waals surface area contributed by atoms with E-state index in [4.69, 9.17) is 28.9 Å². The molecule has 0 fully saturated rings. The zero-order chi connectivity index (χ0) is 18.7. The van der Waals surface area contributed by atoms with E-state index in [1.807, 2.05) is 19.1 Å². The quantitative estimate of drug-likeness (QED) is 0.646. The largest absolute Gasteiger partial charge is 0.368 e. The molecule has 0 aliphatic rings. The molecular weight excluding hydrogens is 391 g/mol. The number of halogens is 2. The fourth-order valence-corrected chi connectivity index (χ4v) is 3.94. The number of amides is 1. The summed E-state index contributed by atoms with van der Waals surface area (Å²) in [6.45, 7) is 2.47. The van der Waals surface area contributed by atoms with Crippen LogP contribution in [0.5, 0.6) is 0 Å². The molecule has 3 N–H and O–H groups in total. The Morgan fingerprint density at radius 3 is 2.81 bits per heavy atom. The molecule has 26 heavy (non-hydrogen) atoms. The third-order valence-corrected chi connectivity index (χ3v) is 5.49. The van der Waals surface area contributed by atoms with Crippen LogP contribution in [0.25, 0.3) is 10.6 Å². The van der Waals surface area contributed by atoms with Crippen LogP contribution in [0, 0.1) is 0 Å². The van der Waals surface area contributed by atoms with Gasteiger partial charge in [-0.15, -0.1) is 11.3 Å². The molecule has 0 aliphatic carbocycles. The van der Waals surface area contributed by atoms with Crippen molar-refractivity contribution in [2.24, 2.45) is 0 Å². The van der Waals surface area contributed by atoms with Crippen molar-refractivity contribution in [1.29, 1.82) is 0 Å². The Hall–Kier alpha value is -2.15. The van der Waals surface area contributed by atoms with E-state index in [1.165, 1.54) is 11.3 Å². The molecule has 1 aromatic carbocycles. The summed E-state index contributed by atoms with van der Waals surface area (Å²) in [5, 5.41) is 4.12. The van der Waals surface area contributed by atoms with Crippen LogP contribution >= 0.6 is 34.5 Å². The van der Waals surface area contributed by atoms with Gasteiger partial charge in [0, 0.05) is 22.8 Å². The minimum atomic E-state index is -0.139. The van der Waals surface area contributed by atoms with E-state index >= 15 is 0 Å². The lowest BCUT2D eigenvalue weighted by Gasteiger charge is -2.14. The van der Waals surface area contributed by atoms with Crippen molar-refractivity contribution < 1.29 is 4.79 Å². The van der Waals surface area contributed by atoms with Gasteiger partial charge in [-0.2, -0.15) is 0 Å². The Balaban J connectivity index is 1.65. The number of thiophene rings is 1. The topological polar surface area (TPSA) is 80.9 Å². The zero-order valence-electron chi connectivity index (χ0n) is 13.9. The Bertz CT molecular complexity index is 944. The van der Waals surface area contributed by atoms with Crippen LogP contribution in [-0.2, 0) is 0 Å². The molecule has 5 nitrogen and oxygen atoms in total. The number of hydrogen-bond acceptors (Lipinski definition) is 5. The number of rotatable bonds is 5. The number of anilines is 1. The van der Waals surface area contributed by atoms with Crippen LogP contribution in [0.15, 0.2) is 42.6 Å². The molecule has 0 saturated heterocycles. The monoisotopic (exact) mass is 406 g/mol. The molecule has 1 atom stereocenters. The van der Waals surface area contributed by atoms with Gasteiger partial charge in [0.15, 0.2) is 0 Å². The van der Waals surface area contributed by atoms with Crippen molar-refractivity contribution in [3.8, 4) is 10.6 Å². The maximum absolute atomic E-state index is 12.4. The third kappa shape index (κ3) is 4.33. The van der Waals surface area contributed by atoms with Gasteiger partial charge in [0.25, 0.3) is 5.91 Å². The van der Waals surface area contributed by atoms with Gasteiger partial charge in [-0.3, -0.25) is 4.79 Å². The second-order valence-electron chi connectivity index (χ2n) is 5.74. The van der Waals surface area contributed by atoms with E-state index in [1.54, 1.807) is 30.5 Å². The summed E-state index contributed by atoms with van der Waals surface area (Å²) >= 11 is 13.5. The summed E-state index contributed by atoms with van der Waals surface area (Å²) in [6, 6.07) is 10.8. The van der Waals surface area contributed by atoms with Crippen LogP contribution < -0.4 is 11.1 Å². The molecule has 8 heteroatoms. The van der Waals surface area contributed by atoms with E-state index in [2.05, 4.69) is 15.3 Å². The highest BCUT2D eigenvalue weighted by Gasteiger charge is 2.15. The number of nitrogens with one attached hydrogen (secondary N) is 1. The van der Waals surface area contributed by atoms with E-state index in [-0.39, 0.29) is 17.8 Å². The molecule has 1 unspecified atom stereocenters. The van der Waals surface area contributed by atoms with E-state index in [0.717, 1.165) is 10.4 Å². The smallest absolute Gasteiger partial charge is 0.261 e. The van der Waals surface area contributed by atoms with Crippen molar-refractivity contribution in [2.45, 2.75) is 12.8 Å². The predicted octanol–water partition coefficient (Wildman–Crippen LogP) is 4.63. The lowest BCUT2D eigenvalue weighted by atomic mass is 10.0. The highest BCUT2D eigenvalue weighted by molar-refractivity contribution is 7.17. The van der Waals surface area contributed by atoms with Crippen LogP contribution in [0.3, 0.4) is 0 Å². The van der Waals surface area contributed by atoms with Gasteiger partial charge in [-0.25, -0.2) is 9.97 Å². The number of carbonyl (C=O) groups excluding carboxylic acids is 1. The molecule has 0 radical (unpaired) electrons. The first-order valence-corrected chi connectivity index (χ1v) is 9.43. The molecule has 0 saturated carbocycles. The highest BCUT2D eigenvalue weighted by atomic mass is 35.5. The number of nitrogens with two attached hydrogens (primary N) is 1. The summed E-state index contributed by atoms with van der Waals surface area (Å²) in [7, 11) is 0. The number of nitrogens with zero attached hydrogens (tertiary/aromatic N) is 2. The second kappa shape index (κ2) is 8.03. The molecule has 0 bridgehead atoms. The average Bonchev–Trinajstić information content (AvgIpc) is 3.09. The van der Waals surface area contributed by atoms with Crippen molar-refractivity contribution in [3.05, 3.63) is 63.1 Å². The van der Waals surface area contributed by atoms with E-state index < -0.39 is 0 Å². The fraction of sp³-hybridized carbons (Fsp3) is 0.167. The number of aromatic nitrogens is 2. The zero-order valence-corrected chi connectivity index (χ0v) is 16.2. The molecule has 3 rings (SSSR count). The average molecular weight is 407 g/mol. The number of carbonyl (C=O) groups is 1. The Kier molecular flexibility index (Phi) is 5.76. The van der Waals surface area contributed by atoms with Crippen LogP contribution in [0.1, 0.15) is 28.1 Å². The first-order valence-electron chi connectivity index (χ1n) is 7.86. The minimum absolute atomic E-state index is 0.0600. The molecule has 3 aromatic rings. The van der Waals surface area contributed by atoms with Crippen molar-refractivity contribution >= 4 is 46.4 Å². The normalized spacial score (nSPS) is 12.0. The summed E-state index contributed by atoms with van der Waals surface area (Å²) in [5.41, 5.74) is 7.25. The lowest BCUT2D eigenvalue weighted by molar-refractivity contribution is 0.0955. The van der Waals surface area contributed by atoms with Gasteiger partial charge >= 0.3 is 0 Å². The fourth-order valence-electron chi connectivity index (χ4n) is 2.45. The SMILES string of the molecule is CC(CNC(=O)c1ccc(-c2ccnc(N)n2)s1)c1ccc(Cl)cc1Cl. The van der Waals surface area contributed by atoms with Gasteiger partial charge in [0.05, 0.1) is 15.4 Å². The molecule has 2 heterocycles. The van der Waals surface area contributed by atoms with Crippen molar-refractivity contribution in [1.82, 2.24) is 15.3 Å². The first-order chi connectivity index (χ1) is 12.4. The van der Waals surface area contributed by atoms with Gasteiger partial charge < -0.3 is 11.1 Å². The lowest BCUT2D eigenvalue weighted by Crippen LogP contribution is -2.26. The maximum atomic E-state index is 12.4. The van der Waals surface area contributed by atoms with Gasteiger partial charge in [-0.05, 0) is 41.8 Å². The summed E-state index contributed by atoms with van der Waals surface area (Å²) in [5.74, 6) is 0.126. The summed E-state index contributed by atoms with van der Waals surface area (Å²) in [4.78, 5) is 21.9. The van der Waals surface area contributed by atoms with Gasteiger partial charge in [0.2, 0.25) is 5.95 Å². The van der Waals surface area contributed by atoms with Crippen LogP contribution in [-0.4, -0.2) is 22.4 Å². The Labute approximate surface area is 165 Å². The van der Waals surface area contributed by atoms with Crippen molar-refractivity contribution in [3.63, 3.8) is 0 Å². The minimum Gasteiger partial charge on any atom is -0.368 e. The van der Waals surface area contributed by atoms with Crippen LogP contribution in [0.4, 0.5) is 5.95 Å². The van der Waals surface area contributed by atoms with Crippen LogP contribution in [0.2, 0.25) is 10.0 Å². The van der Waals surface area contributed by atoms with Gasteiger partial charge in [0.1, 0.15) is 0 Å². The summed E-state index contributed by atoms with van der Waals surface area (Å²) in [6.07, 6.45) is 1.59. The first kappa shape index (κ1) is 18.6. The second-order valence-corrected chi connectivity index (χ2v) is 7.67. The predicted molar refractivity (Wildman–Crippen MR) is 107 cm³/mol. The number of nitrogen functional groups attached to an aromatic ring is 1. The molecule has 2 aromatic heterocycles. The van der Waals surface area contributed by atoms with E-state index in [9.17, 15) is 4.79 Å². The molecule has 0 spiro atoms. The maximum Gasteiger partial charge on any atom is 0.261 e. The molecular formula is C18H16Cl2N4OS. The summed E-state index contributed by atoms with van der Waals surface area (Å²) < 4.78 is 0. The van der Waals surface area contributed by atoms with E-state index in [0.29, 0.717) is 27.2 Å². The standard InChI is InChI=1S/C18H16Cl2N4OS/c1-10(12-3-2-11(19)8-13(12)20)9-23-17(25)16-5-4-15(26-16)14-6-7-22-18(21)24-14/h2-8,10H,9H2,1H3,(H,23,25)(H2,21,22,24). The third-order valence-electron chi connectivity index (χ3n) is 3.82. The molecule has 1 amide bonds. The number of benzene rings is 1. The molecule has 134 valence electrons. The van der Waals surface area contributed by atoms with Gasteiger partial charge in [-0.1, -0.05) is 36.2 Å². The number of hydrogen-bond donors (Lipinski definition) is 2. The Morgan fingerprint density at radius 1 is 1.27 bits per heavy atom.